The normalized spacial score (nSPS) is 15.1. The predicted molar refractivity (Wildman–Crippen MR) is 103 cm³/mol. The third-order valence-corrected chi connectivity index (χ3v) is 6.17. The molecule has 0 fully saturated rings. The Morgan fingerprint density at radius 2 is 1.62 bits per heavy atom. The standard InChI is InChI=1S/C19H19NO4S2/c1-10-15(18(21)23-3)17(16(11(2)20-10)19(22)24-4)14-6-5-13(26-14)12-7-8-25-9-12/h5-9,17,20H,1-4H3. The van der Waals surface area contributed by atoms with Gasteiger partial charge in [0, 0.05) is 26.7 Å². The minimum atomic E-state index is -0.520. The first-order chi connectivity index (χ1) is 12.5. The largest absolute Gasteiger partial charge is 0.466 e. The summed E-state index contributed by atoms with van der Waals surface area (Å²) in [6.07, 6.45) is 0. The third-order valence-electron chi connectivity index (χ3n) is 4.29. The number of thiophene rings is 2. The number of methoxy groups -OCH3 is 2. The number of dihydropyridines is 1. The molecule has 3 heterocycles. The molecule has 7 heteroatoms. The van der Waals surface area contributed by atoms with Crippen molar-refractivity contribution in [3.63, 3.8) is 0 Å². The van der Waals surface area contributed by atoms with E-state index in [4.69, 9.17) is 9.47 Å². The molecule has 0 spiro atoms. The minimum absolute atomic E-state index is 0.428. The molecular weight excluding hydrogens is 370 g/mol. The predicted octanol–water partition coefficient (Wildman–Crippen LogP) is 4.06. The maximum Gasteiger partial charge on any atom is 0.336 e. The fourth-order valence-electron chi connectivity index (χ4n) is 3.11. The van der Waals surface area contributed by atoms with Gasteiger partial charge in [-0.3, -0.25) is 0 Å². The quantitative estimate of drug-likeness (QED) is 0.799. The van der Waals surface area contributed by atoms with Crippen molar-refractivity contribution in [1.29, 1.82) is 0 Å². The van der Waals surface area contributed by atoms with E-state index >= 15 is 0 Å². The second kappa shape index (κ2) is 7.47. The average molecular weight is 389 g/mol. The highest BCUT2D eigenvalue weighted by Crippen LogP contribution is 2.43. The van der Waals surface area contributed by atoms with Crippen LogP contribution in [0.5, 0.6) is 0 Å². The Bertz CT molecular complexity index is 868. The van der Waals surface area contributed by atoms with Crippen LogP contribution in [-0.4, -0.2) is 26.2 Å². The zero-order valence-electron chi connectivity index (χ0n) is 14.9. The monoisotopic (exact) mass is 389 g/mol. The molecule has 1 aliphatic heterocycles. The van der Waals surface area contributed by atoms with Gasteiger partial charge in [0.05, 0.1) is 31.3 Å². The van der Waals surface area contributed by atoms with Gasteiger partial charge < -0.3 is 14.8 Å². The Hall–Kier alpha value is -2.38. The lowest BCUT2D eigenvalue weighted by Crippen LogP contribution is -2.31. The van der Waals surface area contributed by atoms with Gasteiger partial charge >= 0.3 is 11.9 Å². The van der Waals surface area contributed by atoms with Crippen molar-refractivity contribution in [2.75, 3.05) is 14.2 Å². The molecule has 136 valence electrons. The number of carbonyl (C=O) groups excluding carboxylic acids is 2. The highest BCUT2D eigenvalue weighted by molar-refractivity contribution is 7.16. The Labute approximate surface area is 159 Å². The number of carbonyl (C=O) groups is 2. The summed E-state index contributed by atoms with van der Waals surface area (Å²) in [7, 11) is 2.68. The number of allylic oxidation sites excluding steroid dienone is 2. The second-order valence-corrected chi connectivity index (χ2v) is 7.73. The van der Waals surface area contributed by atoms with E-state index < -0.39 is 17.9 Å². The molecule has 2 aromatic heterocycles. The van der Waals surface area contributed by atoms with Crippen molar-refractivity contribution in [3.8, 4) is 10.4 Å². The summed E-state index contributed by atoms with van der Waals surface area (Å²) in [5.74, 6) is -1.44. The summed E-state index contributed by atoms with van der Waals surface area (Å²) >= 11 is 3.19. The molecule has 2 aromatic rings. The topological polar surface area (TPSA) is 64.6 Å². The molecule has 0 saturated heterocycles. The molecule has 0 saturated carbocycles. The van der Waals surface area contributed by atoms with E-state index in [9.17, 15) is 9.59 Å². The van der Waals surface area contributed by atoms with Crippen LogP contribution in [0.1, 0.15) is 24.6 Å². The fraction of sp³-hybridized carbons (Fsp3) is 0.263. The summed E-state index contributed by atoms with van der Waals surface area (Å²) in [5, 5.41) is 7.20. The lowest BCUT2D eigenvalue weighted by Gasteiger charge is -2.29. The van der Waals surface area contributed by atoms with Crippen LogP contribution in [0.4, 0.5) is 0 Å². The fourth-order valence-corrected chi connectivity index (χ4v) is 4.96. The van der Waals surface area contributed by atoms with E-state index in [1.54, 1.807) is 22.7 Å². The van der Waals surface area contributed by atoms with Crippen molar-refractivity contribution in [2.24, 2.45) is 0 Å². The summed E-state index contributed by atoms with van der Waals surface area (Å²) in [4.78, 5) is 26.9. The van der Waals surface area contributed by atoms with Gasteiger partial charge in [-0.1, -0.05) is 0 Å². The molecule has 26 heavy (non-hydrogen) atoms. The molecule has 1 N–H and O–H groups in total. The highest BCUT2D eigenvalue weighted by atomic mass is 32.1. The first kappa shape index (κ1) is 18.4. The number of hydrogen-bond donors (Lipinski definition) is 1. The second-order valence-electron chi connectivity index (χ2n) is 5.83. The van der Waals surface area contributed by atoms with Crippen molar-refractivity contribution >= 4 is 34.6 Å². The first-order valence-corrected chi connectivity index (χ1v) is 9.71. The summed E-state index contributed by atoms with van der Waals surface area (Å²) < 4.78 is 9.97. The summed E-state index contributed by atoms with van der Waals surface area (Å²) in [5.41, 5.74) is 3.34. The molecule has 0 aliphatic carbocycles. The number of nitrogens with one attached hydrogen (secondary N) is 1. The minimum Gasteiger partial charge on any atom is -0.466 e. The molecule has 3 rings (SSSR count). The number of hydrogen-bond acceptors (Lipinski definition) is 7. The van der Waals surface area contributed by atoms with Gasteiger partial charge in [-0.2, -0.15) is 11.3 Å². The molecular formula is C19H19NO4S2. The van der Waals surface area contributed by atoms with Crippen LogP contribution in [0.25, 0.3) is 10.4 Å². The zero-order valence-corrected chi connectivity index (χ0v) is 16.5. The average Bonchev–Trinajstić information content (AvgIpc) is 3.31. The van der Waals surface area contributed by atoms with Gasteiger partial charge in [-0.25, -0.2) is 9.59 Å². The number of rotatable bonds is 4. The van der Waals surface area contributed by atoms with E-state index in [0.29, 0.717) is 22.5 Å². The van der Waals surface area contributed by atoms with Gasteiger partial charge in [0.2, 0.25) is 0 Å². The van der Waals surface area contributed by atoms with Crippen molar-refractivity contribution < 1.29 is 19.1 Å². The number of esters is 2. The number of ether oxygens (including phenoxy) is 2. The van der Waals surface area contributed by atoms with Crippen LogP contribution in [0.15, 0.2) is 51.5 Å². The molecule has 0 bridgehead atoms. The van der Waals surface area contributed by atoms with Crippen molar-refractivity contribution in [2.45, 2.75) is 19.8 Å². The smallest absolute Gasteiger partial charge is 0.336 e. The molecule has 0 aromatic carbocycles. The van der Waals surface area contributed by atoms with Gasteiger partial charge in [0.25, 0.3) is 0 Å². The van der Waals surface area contributed by atoms with Crippen molar-refractivity contribution in [3.05, 3.63) is 56.4 Å². The Balaban J connectivity index is 2.15. The SMILES string of the molecule is COC(=O)C1=C(C)NC(C)=C(C(=O)OC)C1c1ccc(-c2ccsc2)s1. The van der Waals surface area contributed by atoms with E-state index in [2.05, 4.69) is 10.7 Å². The Morgan fingerprint density at radius 3 is 2.12 bits per heavy atom. The van der Waals surface area contributed by atoms with E-state index in [1.807, 2.05) is 37.4 Å². The maximum absolute atomic E-state index is 12.5. The van der Waals surface area contributed by atoms with Crippen LogP contribution in [0.3, 0.4) is 0 Å². The van der Waals surface area contributed by atoms with Gasteiger partial charge in [-0.05, 0) is 42.8 Å². The molecule has 0 atom stereocenters. The Kier molecular flexibility index (Phi) is 5.29. The first-order valence-electron chi connectivity index (χ1n) is 7.95. The maximum atomic E-state index is 12.5. The molecule has 5 nitrogen and oxygen atoms in total. The summed E-state index contributed by atoms with van der Waals surface area (Å²) in [6.45, 7) is 3.62. The molecule has 0 amide bonds. The van der Waals surface area contributed by atoms with Crippen LogP contribution in [0, 0.1) is 0 Å². The molecule has 0 radical (unpaired) electrons. The van der Waals surface area contributed by atoms with Gasteiger partial charge in [0.1, 0.15) is 0 Å². The van der Waals surface area contributed by atoms with Crippen LogP contribution in [0.2, 0.25) is 0 Å². The van der Waals surface area contributed by atoms with Crippen LogP contribution >= 0.6 is 22.7 Å². The van der Waals surface area contributed by atoms with Crippen molar-refractivity contribution in [1.82, 2.24) is 5.32 Å². The van der Waals surface area contributed by atoms with Gasteiger partial charge in [-0.15, -0.1) is 11.3 Å². The lowest BCUT2D eigenvalue weighted by molar-refractivity contribution is -0.137. The Morgan fingerprint density at radius 1 is 1.00 bits per heavy atom. The summed E-state index contributed by atoms with van der Waals surface area (Å²) in [6, 6.07) is 6.02. The zero-order chi connectivity index (χ0) is 18.8. The lowest BCUT2D eigenvalue weighted by atomic mass is 9.84. The highest BCUT2D eigenvalue weighted by Gasteiger charge is 2.38. The van der Waals surface area contributed by atoms with E-state index in [1.165, 1.54) is 14.2 Å². The third kappa shape index (κ3) is 3.20. The van der Waals surface area contributed by atoms with E-state index in [0.717, 1.165) is 15.3 Å². The van der Waals surface area contributed by atoms with E-state index in [-0.39, 0.29) is 0 Å². The molecule has 1 aliphatic rings. The van der Waals surface area contributed by atoms with Gasteiger partial charge in [0.15, 0.2) is 0 Å². The van der Waals surface area contributed by atoms with Crippen LogP contribution < -0.4 is 5.32 Å². The van der Waals surface area contributed by atoms with Crippen LogP contribution in [-0.2, 0) is 19.1 Å². The molecule has 0 unspecified atom stereocenters.